The number of nitrogens with one attached hydrogen (secondary N) is 1. The van der Waals surface area contributed by atoms with Crippen LogP contribution in [0.25, 0.3) is 5.69 Å². The molecular formula is C20H16F3N3O. The Morgan fingerprint density at radius 1 is 1.07 bits per heavy atom. The third-order valence-electron chi connectivity index (χ3n) is 4.74. The number of para-hydroxylation sites is 1. The highest BCUT2D eigenvalue weighted by Gasteiger charge is 2.34. The van der Waals surface area contributed by atoms with Gasteiger partial charge in [0.25, 0.3) is 0 Å². The van der Waals surface area contributed by atoms with Crippen molar-refractivity contribution >= 4 is 11.7 Å². The smallest absolute Gasteiger partial charge is 0.310 e. The Labute approximate surface area is 153 Å². The first kappa shape index (κ1) is 17.3. The van der Waals surface area contributed by atoms with E-state index in [0.717, 1.165) is 29.1 Å². The molecule has 7 heteroatoms. The molecule has 2 heterocycles. The van der Waals surface area contributed by atoms with Gasteiger partial charge in [-0.1, -0.05) is 30.3 Å². The fourth-order valence-corrected chi connectivity index (χ4v) is 3.49. The van der Waals surface area contributed by atoms with Gasteiger partial charge in [-0.05, 0) is 36.8 Å². The third-order valence-corrected chi connectivity index (χ3v) is 4.74. The van der Waals surface area contributed by atoms with E-state index < -0.39 is 11.7 Å². The van der Waals surface area contributed by atoms with E-state index in [2.05, 4.69) is 10.4 Å². The summed E-state index contributed by atoms with van der Waals surface area (Å²) in [5, 5.41) is 7.42. The van der Waals surface area contributed by atoms with E-state index in [1.807, 2.05) is 37.3 Å². The second kappa shape index (κ2) is 6.26. The van der Waals surface area contributed by atoms with Crippen LogP contribution in [0.2, 0.25) is 0 Å². The Morgan fingerprint density at radius 3 is 2.37 bits per heavy atom. The first-order chi connectivity index (χ1) is 12.8. The number of hydrogen-bond acceptors (Lipinski definition) is 2. The molecule has 27 heavy (non-hydrogen) atoms. The van der Waals surface area contributed by atoms with Gasteiger partial charge in [0.05, 0.1) is 16.9 Å². The number of carbonyl (C=O) groups is 1. The van der Waals surface area contributed by atoms with Gasteiger partial charge in [0.2, 0.25) is 5.91 Å². The number of aryl methyl sites for hydroxylation is 1. The van der Waals surface area contributed by atoms with Crippen LogP contribution in [0, 0.1) is 6.92 Å². The summed E-state index contributed by atoms with van der Waals surface area (Å²) in [5.41, 5.74) is 2.32. The van der Waals surface area contributed by atoms with Gasteiger partial charge in [0.15, 0.2) is 0 Å². The maximum atomic E-state index is 12.8. The van der Waals surface area contributed by atoms with E-state index in [0.29, 0.717) is 11.4 Å². The lowest BCUT2D eigenvalue weighted by atomic mass is 9.85. The summed E-state index contributed by atoms with van der Waals surface area (Å²) in [6.45, 7) is 1.84. The highest BCUT2D eigenvalue weighted by molar-refractivity contribution is 5.95. The molecule has 1 atom stereocenters. The summed E-state index contributed by atoms with van der Waals surface area (Å²) in [6.07, 6.45) is -4.22. The molecular weight excluding hydrogens is 355 g/mol. The summed E-state index contributed by atoms with van der Waals surface area (Å²) in [5.74, 6) is 0.0397. The number of amides is 1. The zero-order valence-electron chi connectivity index (χ0n) is 14.4. The first-order valence-corrected chi connectivity index (χ1v) is 8.46. The fraction of sp³-hybridized carbons (Fsp3) is 0.200. The number of anilines is 1. The number of fused-ring (bicyclic) bond motifs is 1. The maximum Gasteiger partial charge on any atom is 0.416 e. The Bertz CT molecular complexity index is 992. The van der Waals surface area contributed by atoms with Crippen LogP contribution in [-0.2, 0) is 11.0 Å². The van der Waals surface area contributed by atoms with Crippen LogP contribution in [0.5, 0.6) is 0 Å². The van der Waals surface area contributed by atoms with Gasteiger partial charge in [0.1, 0.15) is 5.82 Å². The van der Waals surface area contributed by atoms with Crippen molar-refractivity contribution in [1.82, 2.24) is 9.78 Å². The quantitative estimate of drug-likeness (QED) is 0.711. The lowest BCUT2D eigenvalue weighted by Gasteiger charge is -2.24. The number of nitrogens with zero attached hydrogens (tertiary/aromatic N) is 2. The Kier molecular flexibility index (Phi) is 4.02. The summed E-state index contributed by atoms with van der Waals surface area (Å²) in [6, 6.07) is 14.4. The first-order valence-electron chi connectivity index (χ1n) is 8.46. The molecule has 1 amide bonds. The summed E-state index contributed by atoms with van der Waals surface area (Å²) < 4.78 is 40.2. The molecule has 1 aliphatic heterocycles. The largest absolute Gasteiger partial charge is 0.416 e. The summed E-state index contributed by atoms with van der Waals surface area (Å²) in [7, 11) is 0. The predicted octanol–water partition coefficient (Wildman–Crippen LogP) is 4.67. The molecule has 0 radical (unpaired) electrons. The minimum Gasteiger partial charge on any atom is -0.310 e. The van der Waals surface area contributed by atoms with Crippen LogP contribution in [0.15, 0.2) is 54.6 Å². The summed E-state index contributed by atoms with van der Waals surface area (Å²) in [4.78, 5) is 12.3. The molecule has 1 aromatic heterocycles. The normalized spacial score (nSPS) is 16.7. The monoisotopic (exact) mass is 371 g/mol. The fourth-order valence-electron chi connectivity index (χ4n) is 3.49. The van der Waals surface area contributed by atoms with E-state index >= 15 is 0 Å². The topological polar surface area (TPSA) is 46.9 Å². The van der Waals surface area contributed by atoms with Crippen molar-refractivity contribution < 1.29 is 18.0 Å². The van der Waals surface area contributed by atoms with Crippen molar-refractivity contribution in [2.24, 2.45) is 0 Å². The van der Waals surface area contributed by atoms with Crippen LogP contribution in [-0.4, -0.2) is 15.7 Å². The average Bonchev–Trinajstić information content (AvgIpc) is 2.98. The van der Waals surface area contributed by atoms with Crippen molar-refractivity contribution in [3.05, 3.63) is 77.0 Å². The summed E-state index contributed by atoms with van der Waals surface area (Å²) >= 11 is 0. The molecule has 0 aliphatic carbocycles. The van der Waals surface area contributed by atoms with Gasteiger partial charge in [0, 0.05) is 17.9 Å². The minimum absolute atomic E-state index is 0.166. The van der Waals surface area contributed by atoms with Crippen LogP contribution in [0.4, 0.5) is 19.0 Å². The molecule has 2 aromatic carbocycles. The van der Waals surface area contributed by atoms with Crippen molar-refractivity contribution in [2.75, 3.05) is 5.32 Å². The number of benzene rings is 2. The molecule has 1 N–H and O–H groups in total. The number of carbonyl (C=O) groups excluding carboxylic acids is 1. The lowest BCUT2D eigenvalue weighted by Crippen LogP contribution is -2.25. The van der Waals surface area contributed by atoms with Gasteiger partial charge in [-0.3, -0.25) is 4.79 Å². The highest BCUT2D eigenvalue weighted by atomic mass is 19.4. The van der Waals surface area contributed by atoms with Gasteiger partial charge >= 0.3 is 6.18 Å². The second-order valence-corrected chi connectivity index (χ2v) is 6.52. The number of halogens is 3. The van der Waals surface area contributed by atoms with Gasteiger partial charge in [-0.15, -0.1) is 0 Å². The number of aromatic nitrogens is 2. The predicted molar refractivity (Wildman–Crippen MR) is 94.8 cm³/mol. The van der Waals surface area contributed by atoms with Crippen LogP contribution in [0.3, 0.4) is 0 Å². The molecule has 0 unspecified atom stereocenters. The van der Waals surface area contributed by atoms with Crippen molar-refractivity contribution in [3.63, 3.8) is 0 Å². The molecule has 3 aromatic rings. The number of alkyl halides is 3. The molecule has 0 saturated heterocycles. The second-order valence-electron chi connectivity index (χ2n) is 6.52. The number of rotatable bonds is 2. The Balaban J connectivity index is 1.80. The van der Waals surface area contributed by atoms with Gasteiger partial charge in [-0.25, -0.2) is 4.68 Å². The van der Waals surface area contributed by atoms with Crippen LogP contribution in [0.1, 0.15) is 34.7 Å². The number of hydrogen-bond donors (Lipinski definition) is 1. The standard InChI is InChI=1S/C20H16F3N3O/c1-12-18-16(13-7-9-14(10-8-13)20(21,22)23)11-17(27)24-19(18)26(25-12)15-5-3-2-4-6-15/h2-10,16H,11H2,1H3,(H,24,27)/t16-/m1/s1. The van der Waals surface area contributed by atoms with Gasteiger partial charge < -0.3 is 5.32 Å². The molecule has 1 aliphatic rings. The molecule has 0 spiro atoms. The third kappa shape index (κ3) is 3.09. The van der Waals surface area contributed by atoms with E-state index in [-0.39, 0.29) is 18.2 Å². The van der Waals surface area contributed by atoms with Crippen LogP contribution >= 0.6 is 0 Å². The molecule has 0 saturated carbocycles. The minimum atomic E-state index is -4.39. The van der Waals surface area contributed by atoms with Crippen molar-refractivity contribution in [2.45, 2.75) is 25.4 Å². The maximum absolute atomic E-state index is 12.8. The van der Waals surface area contributed by atoms with E-state index in [4.69, 9.17) is 0 Å². The van der Waals surface area contributed by atoms with Crippen LogP contribution < -0.4 is 5.32 Å². The zero-order chi connectivity index (χ0) is 19.2. The van der Waals surface area contributed by atoms with Crippen molar-refractivity contribution in [3.8, 4) is 5.69 Å². The zero-order valence-corrected chi connectivity index (χ0v) is 14.4. The van der Waals surface area contributed by atoms with E-state index in [1.54, 1.807) is 4.68 Å². The van der Waals surface area contributed by atoms with Gasteiger partial charge in [-0.2, -0.15) is 18.3 Å². The average molecular weight is 371 g/mol. The Morgan fingerprint density at radius 2 is 1.74 bits per heavy atom. The highest BCUT2D eigenvalue weighted by Crippen LogP contribution is 2.41. The molecule has 4 rings (SSSR count). The van der Waals surface area contributed by atoms with E-state index in [1.165, 1.54) is 12.1 Å². The lowest BCUT2D eigenvalue weighted by molar-refractivity contribution is -0.137. The molecule has 4 nitrogen and oxygen atoms in total. The molecule has 0 bridgehead atoms. The van der Waals surface area contributed by atoms with Crippen molar-refractivity contribution in [1.29, 1.82) is 0 Å². The molecule has 0 fully saturated rings. The van der Waals surface area contributed by atoms with E-state index in [9.17, 15) is 18.0 Å². The SMILES string of the molecule is Cc1nn(-c2ccccc2)c2c1[C@@H](c1ccc(C(F)(F)F)cc1)CC(=O)N2. The Hall–Kier alpha value is -3.09. The molecule has 138 valence electrons.